The Balaban J connectivity index is 1.42. The molecule has 0 unspecified atom stereocenters. The molecule has 29 heavy (non-hydrogen) atoms. The van der Waals surface area contributed by atoms with Gasteiger partial charge in [-0.15, -0.1) is 10.2 Å². The van der Waals surface area contributed by atoms with Gasteiger partial charge in [-0.05, 0) is 43.2 Å². The quantitative estimate of drug-likeness (QED) is 0.598. The minimum Gasteiger partial charge on any atom is -0.377 e. The Morgan fingerprint density at radius 1 is 1.21 bits per heavy atom. The Labute approximate surface area is 168 Å². The van der Waals surface area contributed by atoms with Crippen LogP contribution in [-0.2, 0) is 21.3 Å². The molecule has 152 valence electrons. The van der Waals surface area contributed by atoms with Crippen LogP contribution in [0.1, 0.15) is 29.0 Å². The van der Waals surface area contributed by atoms with Crippen LogP contribution in [-0.4, -0.2) is 48.2 Å². The van der Waals surface area contributed by atoms with Crippen LogP contribution < -0.4 is 10.0 Å². The first-order chi connectivity index (χ1) is 14.0. The van der Waals surface area contributed by atoms with Gasteiger partial charge in [0.1, 0.15) is 0 Å². The van der Waals surface area contributed by atoms with Crippen molar-refractivity contribution in [1.82, 2.24) is 24.6 Å². The number of ether oxygens (including phenoxy) is 1. The summed E-state index contributed by atoms with van der Waals surface area (Å²) in [4.78, 5) is 12.6. The van der Waals surface area contributed by atoms with Crippen molar-refractivity contribution in [2.75, 3.05) is 13.2 Å². The number of amides is 1. The molecule has 10 heteroatoms. The van der Waals surface area contributed by atoms with Crippen molar-refractivity contribution in [2.24, 2.45) is 0 Å². The molecule has 1 aliphatic heterocycles. The molecular formula is C19H21N5O4S. The maximum atomic E-state index is 12.5. The number of rotatable bonds is 7. The lowest BCUT2D eigenvalue weighted by atomic mass is 10.2. The van der Waals surface area contributed by atoms with Crippen molar-refractivity contribution in [3.8, 4) is 0 Å². The second-order valence-electron chi connectivity index (χ2n) is 6.74. The van der Waals surface area contributed by atoms with E-state index in [1.165, 1.54) is 12.1 Å². The van der Waals surface area contributed by atoms with E-state index < -0.39 is 15.9 Å². The van der Waals surface area contributed by atoms with Crippen molar-refractivity contribution in [3.63, 3.8) is 0 Å². The number of carbonyl (C=O) groups excluding carboxylic acids is 1. The molecule has 2 aromatic heterocycles. The fourth-order valence-electron chi connectivity index (χ4n) is 3.17. The van der Waals surface area contributed by atoms with E-state index in [2.05, 4.69) is 20.2 Å². The molecule has 2 N–H and O–H groups in total. The van der Waals surface area contributed by atoms with Crippen LogP contribution in [0.15, 0.2) is 53.6 Å². The third kappa shape index (κ3) is 4.44. The zero-order chi connectivity index (χ0) is 20.3. The first-order valence-corrected chi connectivity index (χ1v) is 10.8. The van der Waals surface area contributed by atoms with Crippen LogP contribution in [0, 0.1) is 0 Å². The van der Waals surface area contributed by atoms with E-state index in [9.17, 15) is 13.2 Å². The molecule has 1 fully saturated rings. The molecule has 3 aromatic rings. The minimum atomic E-state index is -3.73. The van der Waals surface area contributed by atoms with Crippen molar-refractivity contribution in [3.05, 3.63) is 60.0 Å². The molecule has 1 atom stereocenters. The van der Waals surface area contributed by atoms with Gasteiger partial charge in [0.15, 0.2) is 11.5 Å². The molecule has 0 aliphatic carbocycles. The number of carbonyl (C=O) groups is 1. The van der Waals surface area contributed by atoms with Gasteiger partial charge in [-0.25, -0.2) is 13.1 Å². The van der Waals surface area contributed by atoms with Gasteiger partial charge in [-0.2, -0.15) is 0 Å². The summed E-state index contributed by atoms with van der Waals surface area (Å²) in [6.07, 6.45) is 3.48. The monoisotopic (exact) mass is 415 g/mol. The highest BCUT2D eigenvalue weighted by atomic mass is 32.2. The Morgan fingerprint density at radius 3 is 2.93 bits per heavy atom. The number of nitrogens with one attached hydrogen (secondary N) is 2. The number of hydrogen-bond acceptors (Lipinski definition) is 6. The molecule has 1 aliphatic rings. The predicted octanol–water partition coefficient (Wildman–Crippen LogP) is 1.12. The SMILES string of the molecule is O=C(NCc1nnc2ccccn12)c1cccc(S(=O)(=O)NC[C@H]2CCCO2)c1. The van der Waals surface area contributed by atoms with Gasteiger partial charge in [0, 0.05) is 24.9 Å². The molecule has 1 saturated heterocycles. The van der Waals surface area contributed by atoms with E-state index in [0.717, 1.165) is 12.8 Å². The topological polar surface area (TPSA) is 115 Å². The van der Waals surface area contributed by atoms with Gasteiger partial charge in [0.25, 0.3) is 5.91 Å². The van der Waals surface area contributed by atoms with Gasteiger partial charge in [0.05, 0.1) is 17.5 Å². The van der Waals surface area contributed by atoms with Crippen LogP contribution in [0.2, 0.25) is 0 Å². The molecule has 1 aromatic carbocycles. The number of aromatic nitrogens is 3. The normalized spacial score (nSPS) is 16.9. The highest BCUT2D eigenvalue weighted by Gasteiger charge is 2.21. The molecule has 4 rings (SSSR count). The summed E-state index contributed by atoms with van der Waals surface area (Å²) >= 11 is 0. The zero-order valence-corrected chi connectivity index (χ0v) is 16.4. The summed E-state index contributed by atoms with van der Waals surface area (Å²) in [6.45, 7) is 1.04. The smallest absolute Gasteiger partial charge is 0.251 e. The molecule has 1 amide bonds. The fourth-order valence-corrected chi connectivity index (χ4v) is 4.28. The summed E-state index contributed by atoms with van der Waals surface area (Å²) in [5, 5.41) is 10.8. The van der Waals surface area contributed by atoms with E-state index in [4.69, 9.17) is 4.74 Å². The Kier molecular flexibility index (Phi) is 5.56. The number of fused-ring (bicyclic) bond motifs is 1. The highest BCUT2D eigenvalue weighted by Crippen LogP contribution is 2.15. The van der Waals surface area contributed by atoms with Gasteiger partial charge >= 0.3 is 0 Å². The van der Waals surface area contributed by atoms with Crippen molar-refractivity contribution in [1.29, 1.82) is 0 Å². The van der Waals surface area contributed by atoms with Crippen LogP contribution >= 0.6 is 0 Å². The number of benzene rings is 1. The lowest BCUT2D eigenvalue weighted by molar-refractivity contribution is 0.0949. The van der Waals surface area contributed by atoms with Crippen LogP contribution in [0.4, 0.5) is 0 Å². The summed E-state index contributed by atoms with van der Waals surface area (Å²) in [5.41, 5.74) is 0.931. The summed E-state index contributed by atoms with van der Waals surface area (Å²) in [5.74, 6) is 0.185. The van der Waals surface area contributed by atoms with E-state index >= 15 is 0 Å². The summed E-state index contributed by atoms with van der Waals surface area (Å²) < 4.78 is 34.8. The third-order valence-corrected chi connectivity index (χ3v) is 6.14. The third-order valence-electron chi connectivity index (χ3n) is 4.72. The van der Waals surface area contributed by atoms with Gasteiger partial charge in [0.2, 0.25) is 10.0 Å². The van der Waals surface area contributed by atoms with Crippen LogP contribution in [0.3, 0.4) is 0 Å². The van der Waals surface area contributed by atoms with Gasteiger partial charge in [-0.3, -0.25) is 9.20 Å². The Bertz CT molecular complexity index is 1120. The maximum Gasteiger partial charge on any atom is 0.251 e. The molecule has 0 radical (unpaired) electrons. The van der Waals surface area contributed by atoms with Crippen molar-refractivity contribution in [2.45, 2.75) is 30.4 Å². The lowest BCUT2D eigenvalue weighted by Gasteiger charge is -2.12. The second-order valence-corrected chi connectivity index (χ2v) is 8.51. The molecule has 0 saturated carbocycles. The average Bonchev–Trinajstić information content (AvgIpc) is 3.40. The molecular weight excluding hydrogens is 394 g/mol. The molecule has 9 nitrogen and oxygen atoms in total. The number of sulfonamides is 1. The lowest BCUT2D eigenvalue weighted by Crippen LogP contribution is -2.32. The van der Waals surface area contributed by atoms with Crippen LogP contribution in [0.25, 0.3) is 5.65 Å². The van der Waals surface area contributed by atoms with Gasteiger partial charge in [-0.1, -0.05) is 12.1 Å². The molecule has 0 spiro atoms. The summed E-state index contributed by atoms with van der Waals surface area (Å²) in [6, 6.07) is 11.4. The maximum absolute atomic E-state index is 12.5. The van der Waals surface area contributed by atoms with E-state index in [1.807, 2.05) is 24.4 Å². The highest BCUT2D eigenvalue weighted by molar-refractivity contribution is 7.89. The Morgan fingerprint density at radius 2 is 2.10 bits per heavy atom. The van der Waals surface area contributed by atoms with Crippen molar-refractivity contribution < 1.29 is 17.9 Å². The van der Waals surface area contributed by atoms with E-state index in [-0.39, 0.29) is 29.7 Å². The first kappa shape index (κ1) is 19.5. The predicted molar refractivity (Wildman–Crippen MR) is 105 cm³/mol. The first-order valence-electron chi connectivity index (χ1n) is 9.31. The number of hydrogen-bond donors (Lipinski definition) is 2. The number of nitrogens with zero attached hydrogens (tertiary/aromatic N) is 3. The average molecular weight is 415 g/mol. The minimum absolute atomic E-state index is 0.0380. The standard InChI is InChI=1S/C19H21N5O4S/c25-19(20-13-18-23-22-17-8-1-2-9-24(17)18)14-5-3-7-16(11-14)29(26,27)21-12-15-6-4-10-28-15/h1-3,5,7-9,11,15,21H,4,6,10,12-13H2,(H,20,25)/t15-/m1/s1. The van der Waals surface area contributed by atoms with Gasteiger partial charge < -0.3 is 10.1 Å². The molecule has 3 heterocycles. The van der Waals surface area contributed by atoms with Crippen LogP contribution in [0.5, 0.6) is 0 Å². The van der Waals surface area contributed by atoms with Crippen molar-refractivity contribution >= 4 is 21.6 Å². The van der Waals surface area contributed by atoms with E-state index in [0.29, 0.717) is 18.1 Å². The van der Waals surface area contributed by atoms with E-state index in [1.54, 1.807) is 16.5 Å². The second kappa shape index (κ2) is 8.27. The zero-order valence-electron chi connectivity index (χ0n) is 15.6. The largest absolute Gasteiger partial charge is 0.377 e. The Hall–Kier alpha value is -2.82. The number of pyridine rings is 1. The molecule has 0 bridgehead atoms. The summed E-state index contributed by atoms with van der Waals surface area (Å²) in [7, 11) is -3.73. The fraction of sp³-hybridized carbons (Fsp3) is 0.316.